The smallest absolute Gasteiger partial charge is 0.410 e. The van der Waals surface area contributed by atoms with Crippen LogP contribution in [-0.2, 0) is 4.74 Å². The van der Waals surface area contributed by atoms with Gasteiger partial charge in [-0.3, -0.25) is 0 Å². The fourth-order valence-corrected chi connectivity index (χ4v) is 3.09. The molecule has 18 heavy (non-hydrogen) atoms. The third-order valence-electron chi connectivity index (χ3n) is 3.81. The number of amides is 1. The highest BCUT2D eigenvalue weighted by molar-refractivity contribution is 5.69. The van der Waals surface area contributed by atoms with Gasteiger partial charge in [0.1, 0.15) is 5.60 Å². The first-order valence-corrected chi connectivity index (χ1v) is 6.96. The van der Waals surface area contributed by atoms with Gasteiger partial charge in [-0.05, 0) is 47.2 Å². The summed E-state index contributed by atoms with van der Waals surface area (Å²) in [7, 11) is 2.18. The number of likely N-dealkylation sites (tertiary alicyclic amines) is 2. The van der Waals surface area contributed by atoms with Gasteiger partial charge in [0.2, 0.25) is 0 Å². The van der Waals surface area contributed by atoms with Crippen molar-refractivity contribution in [3.8, 4) is 0 Å². The lowest BCUT2D eigenvalue weighted by Gasteiger charge is -2.50. The maximum atomic E-state index is 11.9. The molecule has 104 valence electrons. The molecule has 2 heterocycles. The Kier molecular flexibility index (Phi) is 3.58. The molecule has 2 aliphatic heterocycles. The molecule has 0 N–H and O–H groups in total. The molecular formula is C14H26N2O2. The van der Waals surface area contributed by atoms with Gasteiger partial charge >= 0.3 is 6.09 Å². The zero-order valence-electron chi connectivity index (χ0n) is 12.2. The molecule has 1 amide bonds. The van der Waals surface area contributed by atoms with Crippen LogP contribution in [0.3, 0.4) is 0 Å². The highest BCUT2D eigenvalue weighted by Crippen LogP contribution is 2.38. The third-order valence-corrected chi connectivity index (χ3v) is 3.81. The van der Waals surface area contributed by atoms with Crippen molar-refractivity contribution < 1.29 is 9.53 Å². The van der Waals surface area contributed by atoms with E-state index in [1.54, 1.807) is 0 Å². The van der Waals surface area contributed by atoms with Gasteiger partial charge in [0.25, 0.3) is 0 Å². The van der Waals surface area contributed by atoms with E-state index in [1.165, 1.54) is 25.8 Å². The van der Waals surface area contributed by atoms with Gasteiger partial charge < -0.3 is 14.5 Å². The van der Waals surface area contributed by atoms with E-state index in [1.807, 2.05) is 25.7 Å². The van der Waals surface area contributed by atoms with Gasteiger partial charge in [0.05, 0.1) is 0 Å². The van der Waals surface area contributed by atoms with Crippen LogP contribution in [0.4, 0.5) is 4.79 Å². The van der Waals surface area contributed by atoms with Crippen molar-refractivity contribution in [3.63, 3.8) is 0 Å². The Labute approximate surface area is 110 Å². The first kappa shape index (κ1) is 13.7. The summed E-state index contributed by atoms with van der Waals surface area (Å²) in [4.78, 5) is 16.2. The average molecular weight is 254 g/mol. The van der Waals surface area contributed by atoms with Gasteiger partial charge in [0, 0.05) is 25.0 Å². The Morgan fingerprint density at radius 3 is 2.44 bits per heavy atom. The van der Waals surface area contributed by atoms with E-state index in [-0.39, 0.29) is 11.7 Å². The number of rotatable bonds is 0. The second kappa shape index (κ2) is 4.72. The van der Waals surface area contributed by atoms with Crippen molar-refractivity contribution in [1.82, 2.24) is 9.80 Å². The van der Waals surface area contributed by atoms with Crippen LogP contribution in [-0.4, -0.2) is 54.7 Å². The summed E-state index contributed by atoms with van der Waals surface area (Å²) in [6.07, 6.45) is 3.66. The molecule has 2 aliphatic rings. The zero-order chi connectivity index (χ0) is 13.4. The van der Waals surface area contributed by atoms with Crippen LogP contribution in [0, 0.1) is 5.41 Å². The normalized spacial score (nSPS) is 24.6. The minimum atomic E-state index is -0.389. The van der Waals surface area contributed by atoms with E-state index in [4.69, 9.17) is 4.74 Å². The molecule has 2 fully saturated rings. The molecule has 0 radical (unpaired) electrons. The van der Waals surface area contributed by atoms with E-state index >= 15 is 0 Å². The monoisotopic (exact) mass is 254 g/mol. The van der Waals surface area contributed by atoms with Crippen molar-refractivity contribution in [2.75, 3.05) is 33.2 Å². The maximum Gasteiger partial charge on any atom is 0.410 e. The quantitative estimate of drug-likeness (QED) is 0.665. The molecule has 2 rings (SSSR count). The summed E-state index contributed by atoms with van der Waals surface area (Å²) in [5, 5.41) is 0. The minimum absolute atomic E-state index is 0.153. The largest absolute Gasteiger partial charge is 0.444 e. The second-order valence-electron chi connectivity index (χ2n) is 7.03. The molecule has 0 aromatic carbocycles. The number of carbonyl (C=O) groups excluding carboxylic acids is 1. The lowest BCUT2D eigenvalue weighted by atomic mass is 9.76. The topological polar surface area (TPSA) is 32.8 Å². The molecule has 0 aromatic heterocycles. The molecule has 0 atom stereocenters. The van der Waals surface area contributed by atoms with Crippen LogP contribution in [0.15, 0.2) is 0 Å². The molecular weight excluding hydrogens is 228 g/mol. The predicted octanol–water partition coefficient (Wildman–Crippen LogP) is 2.34. The molecule has 0 bridgehead atoms. The van der Waals surface area contributed by atoms with Crippen LogP contribution in [0.1, 0.15) is 40.0 Å². The Hall–Kier alpha value is -0.770. The predicted molar refractivity (Wildman–Crippen MR) is 71.6 cm³/mol. The molecule has 4 nitrogen and oxygen atoms in total. The first-order chi connectivity index (χ1) is 8.30. The van der Waals surface area contributed by atoms with Crippen molar-refractivity contribution in [1.29, 1.82) is 0 Å². The minimum Gasteiger partial charge on any atom is -0.444 e. The zero-order valence-corrected chi connectivity index (χ0v) is 12.2. The summed E-state index contributed by atoms with van der Waals surface area (Å²) in [6.45, 7) is 9.79. The van der Waals surface area contributed by atoms with Crippen molar-refractivity contribution >= 4 is 6.09 Å². The van der Waals surface area contributed by atoms with Crippen LogP contribution < -0.4 is 0 Å². The summed E-state index contributed by atoms with van der Waals surface area (Å²) >= 11 is 0. The lowest BCUT2D eigenvalue weighted by Crippen LogP contribution is -2.62. The van der Waals surface area contributed by atoms with Crippen molar-refractivity contribution in [2.45, 2.75) is 45.6 Å². The van der Waals surface area contributed by atoms with E-state index in [0.29, 0.717) is 5.41 Å². The molecule has 0 aliphatic carbocycles. The summed E-state index contributed by atoms with van der Waals surface area (Å²) < 4.78 is 5.41. The molecule has 0 saturated carbocycles. The SMILES string of the molecule is CN1CCCCC2(C1)CN(C(=O)OC(C)(C)C)C2. The second-order valence-corrected chi connectivity index (χ2v) is 7.03. The van der Waals surface area contributed by atoms with E-state index in [9.17, 15) is 4.79 Å². The number of carbonyl (C=O) groups is 1. The molecule has 0 aromatic rings. The molecule has 2 saturated heterocycles. The van der Waals surface area contributed by atoms with Crippen LogP contribution in [0.5, 0.6) is 0 Å². The Morgan fingerprint density at radius 1 is 1.17 bits per heavy atom. The van der Waals surface area contributed by atoms with Crippen LogP contribution in [0.2, 0.25) is 0 Å². The van der Waals surface area contributed by atoms with E-state index in [2.05, 4.69) is 11.9 Å². The average Bonchev–Trinajstić information content (AvgIpc) is 2.34. The summed E-state index contributed by atoms with van der Waals surface area (Å²) in [5.41, 5.74) is -0.0533. The van der Waals surface area contributed by atoms with Crippen molar-refractivity contribution in [3.05, 3.63) is 0 Å². The number of ether oxygens (including phenoxy) is 1. The molecule has 1 spiro atoms. The van der Waals surface area contributed by atoms with Gasteiger partial charge in [-0.2, -0.15) is 0 Å². The lowest BCUT2D eigenvalue weighted by molar-refractivity contribution is -0.0442. The Morgan fingerprint density at radius 2 is 1.83 bits per heavy atom. The summed E-state index contributed by atoms with van der Waals surface area (Å²) in [5.74, 6) is 0. The summed E-state index contributed by atoms with van der Waals surface area (Å²) in [6, 6.07) is 0. The fraction of sp³-hybridized carbons (Fsp3) is 0.929. The standard InChI is InChI=1S/C14H26N2O2/c1-13(2,3)18-12(17)16-10-14(11-16)7-5-6-8-15(4)9-14/h5-11H2,1-4H3. The van der Waals surface area contributed by atoms with Gasteiger partial charge in [-0.25, -0.2) is 4.79 Å². The van der Waals surface area contributed by atoms with Crippen LogP contribution in [0.25, 0.3) is 0 Å². The number of nitrogens with zero attached hydrogens (tertiary/aromatic N) is 2. The van der Waals surface area contributed by atoms with E-state index in [0.717, 1.165) is 19.6 Å². The van der Waals surface area contributed by atoms with Gasteiger partial charge in [-0.1, -0.05) is 6.42 Å². The highest BCUT2D eigenvalue weighted by atomic mass is 16.6. The van der Waals surface area contributed by atoms with Gasteiger partial charge in [0.15, 0.2) is 0 Å². The third kappa shape index (κ3) is 3.16. The van der Waals surface area contributed by atoms with E-state index < -0.39 is 0 Å². The number of hydrogen-bond acceptors (Lipinski definition) is 3. The fourth-order valence-electron chi connectivity index (χ4n) is 3.09. The molecule has 0 unspecified atom stereocenters. The number of hydrogen-bond donors (Lipinski definition) is 0. The van der Waals surface area contributed by atoms with Crippen LogP contribution >= 0.6 is 0 Å². The maximum absolute atomic E-state index is 11.9. The highest BCUT2D eigenvalue weighted by Gasteiger charge is 2.47. The Bertz CT molecular complexity index is 316. The van der Waals surface area contributed by atoms with Crippen molar-refractivity contribution in [2.24, 2.45) is 5.41 Å². The van der Waals surface area contributed by atoms with Gasteiger partial charge in [-0.15, -0.1) is 0 Å². The Balaban J connectivity index is 1.86. The molecule has 4 heteroatoms. The first-order valence-electron chi connectivity index (χ1n) is 6.96.